The molecule has 0 saturated heterocycles. The van der Waals surface area contributed by atoms with Gasteiger partial charge in [-0.2, -0.15) is 10.1 Å². The number of carbonyl (C=O) groups is 1. The molecule has 1 aliphatic heterocycles. The lowest BCUT2D eigenvalue weighted by Crippen LogP contribution is -2.22. The van der Waals surface area contributed by atoms with Gasteiger partial charge < -0.3 is 4.90 Å². The van der Waals surface area contributed by atoms with E-state index in [9.17, 15) is 14.9 Å². The summed E-state index contributed by atoms with van der Waals surface area (Å²) in [6.07, 6.45) is 1.61. The van der Waals surface area contributed by atoms with Crippen molar-refractivity contribution in [2.24, 2.45) is 5.10 Å². The molecule has 0 unspecified atom stereocenters. The number of anilines is 2. The SMILES string of the molecule is CCN(CC)c1ccc(/C=C2\C(=O)N(c3ccc(Cl)c(Cl)c3)N=C2C)cc1[N+](=O)[O-]. The van der Waals surface area contributed by atoms with Gasteiger partial charge in [-0.25, -0.2) is 0 Å². The van der Waals surface area contributed by atoms with Gasteiger partial charge in [0, 0.05) is 19.2 Å². The second kappa shape index (κ2) is 8.85. The highest BCUT2D eigenvalue weighted by molar-refractivity contribution is 6.42. The van der Waals surface area contributed by atoms with Crippen LogP contribution in [0.5, 0.6) is 0 Å². The van der Waals surface area contributed by atoms with Crippen LogP contribution < -0.4 is 9.91 Å². The molecule has 156 valence electrons. The molecule has 30 heavy (non-hydrogen) atoms. The Morgan fingerprint density at radius 2 is 1.83 bits per heavy atom. The molecule has 1 heterocycles. The van der Waals surface area contributed by atoms with Crippen LogP contribution in [-0.2, 0) is 4.79 Å². The highest BCUT2D eigenvalue weighted by Gasteiger charge is 2.29. The molecule has 0 fully saturated rings. The molecule has 0 aromatic heterocycles. The maximum atomic E-state index is 12.9. The number of benzene rings is 2. The van der Waals surface area contributed by atoms with Crippen LogP contribution in [0.3, 0.4) is 0 Å². The van der Waals surface area contributed by atoms with E-state index in [1.165, 1.54) is 11.1 Å². The van der Waals surface area contributed by atoms with Gasteiger partial charge in [0.05, 0.1) is 31.9 Å². The molecule has 2 aromatic rings. The second-order valence-corrected chi connectivity index (χ2v) is 7.45. The highest BCUT2D eigenvalue weighted by atomic mass is 35.5. The van der Waals surface area contributed by atoms with Crippen molar-refractivity contribution in [1.29, 1.82) is 0 Å². The quantitative estimate of drug-likeness (QED) is 0.330. The van der Waals surface area contributed by atoms with Crippen molar-refractivity contribution in [3.05, 3.63) is 67.7 Å². The Labute approximate surface area is 184 Å². The summed E-state index contributed by atoms with van der Waals surface area (Å²) in [5.74, 6) is -0.346. The first-order valence-electron chi connectivity index (χ1n) is 9.37. The van der Waals surface area contributed by atoms with E-state index in [4.69, 9.17) is 23.2 Å². The minimum Gasteiger partial charge on any atom is -0.367 e. The van der Waals surface area contributed by atoms with Crippen molar-refractivity contribution in [2.75, 3.05) is 23.0 Å². The topological polar surface area (TPSA) is 79.0 Å². The van der Waals surface area contributed by atoms with E-state index >= 15 is 0 Å². The Balaban J connectivity index is 1.98. The fraction of sp³-hybridized carbons (Fsp3) is 0.238. The zero-order chi connectivity index (χ0) is 22.0. The number of halogens is 2. The van der Waals surface area contributed by atoms with Crippen LogP contribution in [0.25, 0.3) is 6.08 Å². The molecule has 0 atom stereocenters. The molecule has 3 rings (SSSR count). The Bertz CT molecular complexity index is 1080. The van der Waals surface area contributed by atoms with Crippen LogP contribution in [0.15, 0.2) is 47.1 Å². The second-order valence-electron chi connectivity index (χ2n) is 6.64. The molecule has 1 amide bonds. The summed E-state index contributed by atoms with van der Waals surface area (Å²) in [6, 6.07) is 9.74. The van der Waals surface area contributed by atoms with E-state index < -0.39 is 4.92 Å². The molecule has 0 radical (unpaired) electrons. The monoisotopic (exact) mass is 446 g/mol. The lowest BCUT2D eigenvalue weighted by atomic mass is 10.1. The molecule has 0 aliphatic carbocycles. The predicted octanol–water partition coefficient (Wildman–Crippen LogP) is 5.55. The van der Waals surface area contributed by atoms with Crippen LogP contribution in [0, 0.1) is 10.1 Å². The standard InChI is InChI=1S/C21H20Cl2N4O3/c1-4-25(5-2)19-9-6-14(11-20(19)27(29)30)10-16-13(3)24-26(21(16)28)15-7-8-17(22)18(23)12-15/h6-12H,4-5H2,1-3H3/b16-10-. The summed E-state index contributed by atoms with van der Waals surface area (Å²) < 4.78 is 0. The number of amides is 1. The molecular formula is C21H20Cl2N4O3. The molecular weight excluding hydrogens is 427 g/mol. The Morgan fingerprint density at radius 1 is 1.13 bits per heavy atom. The number of hydrogen-bond donors (Lipinski definition) is 0. The van der Waals surface area contributed by atoms with Crippen LogP contribution in [0.2, 0.25) is 10.0 Å². The van der Waals surface area contributed by atoms with E-state index in [1.807, 2.05) is 18.7 Å². The van der Waals surface area contributed by atoms with Gasteiger partial charge in [-0.05, 0) is 56.7 Å². The smallest absolute Gasteiger partial charge is 0.293 e. The summed E-state index contributed by atoms with van der Waals surface area (Å²) in [5, 5.41) is 17.8. The van der Waals surface area contributed by atoms with E-state index in [2.05, 4.69) is 5.10 Å². The minimum absolute atomic E-state index is 0.00516. The van der Waals surface area contributed by atoms with Crippen LogP contribution in [0.4, 0.5) is 17.1 Å². The first kappa shape index (κ1) is 21.8. The van der Waals surface area contributed by atoms with Crippen molar-refractivity contribution in [1.82, 2.24) is 0 Å². The predicted molar refractivity (Wildman–Crippen MR) is 122 cm³/mol. The molecule has 1 aliphatic rings. The summed E-state index contributed by atoms with van der Waals surface area (Å²) in [6.45, 7) is 6.90. The van der Waals surface area contributed by atoms with Gasteiger partial charge in [0.2, 0.25) is 0 Å². The van der Waals surface area contributed by atoms with Crippen molar-refractivity contribution < 1.29 is 9.72 Å². The zero-order valence-corrected chi connectivity index (χ0v) is 18.2. The van der Waals surface area contributed by atoms with Crippen LogP contribution in [-0.4, -0.2) is 29.6 Å². The highest BCUT2D eigenvalue weighted by Crippen LogP contribution is 2.33. The normalized spacial score (nSPS) is 15.0. The maximum Gasteiger partial charge on any atom is 0.293 e. The average molecular weight is 447 g/mol. The third-order valence-corrected chi connectivity index (χ3v) is 5.56. The van der Waals surface area contributed by atoms with Gasteiger partial charge in [0.1, 0.15) is 5.69 Å². The van der Waals surface area contributed by atoms with Crippen LogP contribution in [0.1, 0.15) is 26.3 Å². The maximum absolute atomic E-state index is 12.9. The Kier molecular flexibility index (Phi) is 6.43. The summed E-state index contributed by atoms with van der Waals surface area (Å²) in [5.41, 5.74) is 2.43. The largest absolute Gasteiger partial charge is 0.367 e. The van der Waals surface area contributed by atoms with Gasteiger partial charge >= 0.3 is 0 Å². The van der Waals surface area contributed by atoms with E-state index in [1.54, 1.807) is 43.3 Å². The number of rotatable bonds is 6. The van der Waals surface area contributed by atoms with E-state index in [0.717, 1.165) is 0 Å². The van der Waals surface area contributed by atoms with Crippen molar-refractivity contribution in [3.63, 3.8) is 0 Å². The first-order valence-corrected chi connectivity index (χ1v) is 10.1. The molecule has 2 aromatic carbocycles. The molecule has 7 nitrogen and oxygen atoms in total. The van der Waals surface area contributed by atoms with Gasteiger partial charge in [0.25, 0.3) is 11.6 Å². The van der Waals surface area contributed by atoms with Gasteiger partial charge in [-0.1, -0.05) is 29.3 Å². The number of nitro benzene ring substituents is 1. The Hall–Kier alpha value is -2.90. The molecule has 0 saturated carbocycles. The van der Waals surface area contributed by atoms with Crippen molar-refractivity contribution >= 4 is 58.0 Å². The third-order valence-electron chi connectivity index (χ3n) is 4.82. The van der Waals surface area contributed by atoms with Gasteiger partial charge in [-0.3, -0.25) is 14.9 Å². The Morgan fingerprint density at radius 3 is 2.43 bits per heavy atom. The van der Waals surface area contributed by atoms with Crippen LogP contribution >= 0.6 is 23.2 Å². The number of nitro groups is 1. The lowest BCUT2D eigenvalue weighted by molar-refractivity contribution is -0.384. The first-order chi connectivity index (χ1) is 14.3. The van der Waals surface area contributed by atoms with Crippen molar-refractivity contribution in [3.8, 4) is 0 Å². The summed E-state index contributed by atoms with van der Waals surface area (Å²) in [4.78, 5) is 26.0. The fourth-order valence-electron chi connectivity index (χ4n) is 3.25. The number of hydrogen-bond acceptors (Lipinski definition) is 5. The molecule has 9 heteroatoms. The molecule has 0 bridgehead atoms. The third kappa shape index (κ3) is 4.17. The minimum atomic E-state index is -0.408. The van der Waals surface area contributed by atoms with E-state index in [0.29, 0.717) is 51.4 Å². The summed E-state index contributed by atoms with van der Waals surface area (Å²) >= 11 is 12.0. The van der Waals surface area contributed by atoms with E-state index in [-0.39, 0.29) is 11.6 Å². The zero-order valence-electron chi connectivity index (χ0n) is 16.7. The van der Waals surface area contributed by atoms with Crippen molar-refractivity contribution in [2.45, 2.75) is 20.8 Å². The van der Waals surface area contributed by atoms with Gasteiger partial charge in [-0.15, -0.1) is 0 Å². The number of nitrogens with zero attached hydrogens (tertiary/aromatic N) is 4. The lowest BCUT2D eigenvalue weighted by Gasteiger charge is -2.20. The molecule has 0 N–H and O–H groups in total. The fourth-order valence-corrected chi connectivity index (χ4v) is 3.54. The number of carbonyl (C=O) groups excluding carboxylic acids is 1. The number of hydrazone groups is 1. The molecule has 0 spiro atoms. The summed E-state index contributed by atoms with van der Waals surface area (Å²) in [7, 11) is 0. The van der Waals surface area contributed by atoms with Gasteiger partial charge in [0.15, 0.2) is 0 Å². The average Bonchev–Trinajstić information content (AvgIpc) is 3.00.